The van der Waals surface area contributed by atoms with Crippen LogP contribution in [0, 0.1) is 9.39 Å². The van der Waals surface area contributed by atoms with Crippen molar-refractivity contribution >= 4 is 63.2 Å². The first-order valence-corrected chi connectivity index (χ1v) is 9.30. The highest BCUT2D eigenvalue weighted by Crippen LogP contribution is 2.34. The second-order valence-electron chi connectivity index (χ2n) is 5.21. The fourth-order valence-corrected chi connectivity index (χ4v) is 3.83. The Morgan fingerprint density at radius 3 is 2.68 bits per heavy atom. The van der Waals surface area contributed by atoms with Gasteiger partial charge in [0, 0.05) is 5.02 Å². The number of hydrogen-bond acceptors (Lipinski definition) is 4. The van der Waals surface area contributed by atoms with Crippen molar-refractivity contribution in [3.05, 3.63) is 66.8 Å². The Morgan fingerprint density at radius 1 is 1.24 bits per heavy atom. The monoisotopic (exact) mass is 489 g/mol. The van der Waals surface area contributed by atoms with Gasteiger partial charge in [0.15, 0.2) is 0 Å². The molecule has 1 saturated heterocycles. The van der Waals surface area contributed by atoms with E-state index in [1.165, 1.54) is 18.2 Å². The molecule has 0 saturated carbocycles. The molecule has 25 heavy (non-hydrogen) atoms. The Bertz CT molecular complexity index is 919. The van der Waals surface area contributed by atoms with Crippen molar-refractivity contribution in [3.63, 3.8) is 0 Å². The summed E-state index contributed by atoms with van der Waals surface area (Å²) in [7, 11) is 0. The number of phenolic OH excluding ortho intramolecular Hbond substituents is 1. The fraction of sp³-hybridized carbons (Fsp3) is 0.0588. The number of thioether (sulfide) groups is 1. The second-order valence-corrected chi connectivity index (χ2v) is 7.78. The standard InChI is InChI=1S/C17H10ClFINO3S/c18-12-7-11(19)3-2-10(12)8-21-16(23)15(25-17(21)24)6-9-1-4-14(22)13(20)5-9/h1-7,22H,8H2/b15-6-. The van der Waals surface area contributed by atoms with E-state index < -0.39 is 17.0 Å². The summed E-state index contributed by atoms with van der Waals surface area (Å²) >= 11 is 8.78. The number of carbonyl (C=O) groups is 2. The van der Waals surface area contributed by atoms with Crippen molar-refractivity contribution in [1.29, 1.82) is 0 Å². The zero-order valence-corrected chi connectivity index (χ0v) is 16.2. The normalized spacial score (nSPS) is 16.1. The van der Waals surface area contributed by atoms with Crippen LogP contribution in [0.2, 0.25) is 5.02 Å². The maximum atomic E-state index is 13.1. The Kier molecular flexibility index (Phi) is 5.35. The molecule has 8 heteroatoms. The first kappa shape index (κ1) is 18.2. The lowest BCUT2D eigenvalue weighted by Gasteiger charge is -2.13. The van der Waals surface area contributed by atoms with E-state index in [0.29, 0.717) is 14.7 Å². The van der Waals surface area contributed by atoms with Crippen LogP contribution in [0.3, 0.4) is 0 Å². The van der Waals surface area contributed by atoms with Crippen LogP contribution < -0.4 is 0 Å². The maximum Gasteiger partial charge on any atom is 0.293 e. The summed E-state index contributed by atoms with van der Waals surface area (Å²) in [4.78, 5) is 26.0. The molecule has 0 radical (unpaired) electrons. The third kappa shape index (κ3) is 3.99. The van der Waals surface area contributed by atoms with Crippen LogP contribution in [0.25, 0.3) is 6.08 Å². The van der Waals surface area contributed by atoms with Gasteiger partial charge in [-0.1, -0.05) is 23.7 Å². The van der Waals surface area contributed by atoms with Crippen LogP contribution in [0.1, 0.15) is 11.1 Å². The summed E-state index contributed by atoms with van der Waals surface area (Å²) in [5.41, 5.74) is 1.19. The minimum Gasteiger partial charge on any atom is -0.507 e. The molecule has 0 bridgehead atoms. The van der Waals surface area contributed by atoms with Crippen molar-refractivity contribution in [2.24, 2.45) is 0 Å². The fourth-order valence-electron chi connectivity index (χ4n) is 2.22. The van der Waals surface area contributed by atoms with Gasteiger partial charge >= 0.3 is 0 Å². The Morgan fingerprint density at radius 2 is 2.00 bits per heavy atom. The number of aromatic hydroxyl groups is 1. The number of imide groups is 1. The van der Waals surface area contributed by atoms with E-state index in [1.54, 1.807) is 18.2 Å². The number of benzene rings is 2. The first-order chi connectivity index (χ1) is 11.8. The lowest BCUT2D eigenvalue weighted by molar-refractivity contribution is -0.123. The number of rotatable bonds is 3. The number of nitrogens with zero attached hydrogens (tertiary/aromatic N) is 1. The van der Waals surface area contributed by atoms with Crippen LogP contribution in [0.4, 0.5) is 9.18 Å². The van der Waals surface area contributed by atoms with Gasteiger partial charge in [-0.05, 0) is 75.8 Å². The number of amides is 2. The van der Waals surface area contributed by atoms with Gasteiger partial charge in [0.2, 0.25) is 0 Å². The lowest BCUT2D eigenvalue weighted by Crippen LogP contribution is -2.27. The van der Waals surface area contributed by atoms with Crippen LogP contribution in [0.15, 0.2) is 41.3 Å². The quantitative estimate of drug-likeness (QED) is 0.486. The molecule has 0 atom stereocenters. The van der Waals surface area contributed by atoms with Gasteiger partial charge in [-0.2, -0.15) is 0 Å². The molecule has 1 heterocycles. The van der Waals surface area contributed by atoms with Crippen molar-refractivity contribution in [3.8, 4) is 5.75 Å². The minimum absolute atomic E-state index is 0.0196. The molecular weight excluding hydrogens is 480 g/mol. The van der Waals surface area contributed by atoms with Crippen LogP contribution >= 0.6 is 46.0 Å². The largest absolute Gasteiger partial charge is 0.507 e. The van der Waals surface area contributed by atoms with E-state index in [2.05, 4.69) is 0 Å². The zero-order chi connectivity index (χ0) is 18.1. The summed E-state index contributed by atoms with van der Waals surface area (Å²) in [6.07, 6.45) is 1.60. The minimum atomic E-state index is -0.482. The summed E-state index contributed by atoms with van der Waals surface area (Å²) in [5.74, 6) is -0.764. The van der Waals surface area contributed by atoms with E-state index in [0.717, 1.165) is 22.7 Å². The summed E-state index contributed by atoms with van der Waals surface area (Å²) in [5, 5.41) is 9.30. The molecule has 1 fully saturated rings. The molecule has 0 aromatic heterocycles. The molecule has 4 nitrogen and oxygen atoms in total. The van der Waals surface area contributed by atoms with Crippen LogP contribution in [-0.2, 0) is 11.3 Å². The molecule has 2 aromatic carbocycles. The summed E-state index contributed by atoms with van der Waals surface area (Å²) in [6, 6.07) is 8.71. The van der Waals surface area contributed by atoms with E-state index in [-0.39, 0.29) is 22.2 Å². The predicted octanol–water partition coefficient (Wildman–Crippen LogP) is 5.03. The molecule has 128 valence electrons. The van der Waals surface area contributed by atoms with Crippen molar-refractivity contribution in [2.45, 2.75) is 6.54 Å². The summed E-state index contributed by atoms with van der Waals surface area (Å²) < 4.78 is 13.8. The Balaban J connectivity index is 1.84. The van der Waals surface area contributed by atoms with Gasteiger partial charge < -0.3 is 5.11 Å². The van der Waals surface area contributed by atoms with E-state index >= 15 is 0 Å². The second kappa shape index (κ2) is 7.35. The zero-order valence-electron chi connectivity index (χ0n) is 12.5. The Hall–Kier alpha value is -1.58. The average Bonchev–Trinajstić information content (AvgIpc) is 2.81. The smallest absolute Gasteiger partial charge is 0.293 e. The van der Waals surface area contributed by atoms with Gasteiger partial charge in [-0.3, -0.25) is 14.5 Å². The van der Waals surface area contributed by atoms with Crippen LogP contribution in [0.5, 0.6) is 5.75 Å². The summed E-state index contributed by atoms with van der Waals surface area (Å²) in [6.45, 7) is -0.0196. The van der Waals surface area contributed by atoms with Crippen LogP contribution in [-0.4, -0.2) is 21.2 Å². The molecule has 2 amide bonds. The van der Waals surface area contributed by atoms with E-state index in [1.807, 2.05) is 22.6 Å². The van der Waals surface area contributed by atoms with Gasteiger partial charge in [0.1, 0.15) is 11.6 Å². The molecule has 0 spiro atoms. The molecule has 3 rings (SSSR count). The highest BCUT2D eigenvalue weighted by molar-refractivity contribution is 14.1. The molecule has 1 aliphatic rings. The van der Waals surface area contributed by atoms with Gasteiger partial charge in [0.05, 0.1) is 15.0 Å². The number of halogens is 3. The van der Waals surface area contributed by atoms with E-state index in [4.69, 9.17) is 11.6 Å². The molecule has 1 aliphatic heterocycles. The third-order valence-corrected chi connectivity index (χ3v) is 5.61. The molecular formula is C17H10ClFINO3S. The van der Waals surface area contributed by atoms with E-state index in [9.17, 15) is 19.1 Å². The van der Waals surface area contributed by atoms with Crippen molar-refractivity contribution in [1.82, 2.24) is 4.90 Å². The molecule has 0 aliphatic carbocycles. The van der Waals surface area contributed by atoms with Crippen molar-refractivity contribution in [2.75, 3.05) is 0 Å². The Labute approximate surface area is 165 Å². The SMILES string of the molecule is O=C1S/C(=C\c2ccc(O)c(I)c2)C(=O)N1Cc1ccc(F)cc1Cl. The first-order valence-electron chi connectivity index (χ1n) is 7.03. The van der Waals surface area contributed by atoms with Crippen molar-refractivity contribution < 1.29 is 19.1 Å². The van der Waals surface area contributed by atoms with Gasteiger partial charge in [0.25, 0.3) is 11.1 Å². The lowest BCUT2D eigenvalue weighted by atomic mass is 10.2. The highest BCUT2D eigenvalue weighted by Gasteiger charge is 2.35. The van der Waals surface area contributed by atoms with Gasteiger partial charge in [-0.15, -0.1) is 0 Å². The number of hydrogen-bond donors (Lipinski definition) is 1. The topological polar surface area (TPSA) is 57.6 Å². The average molecular weight is 490 g/mol. The highest BCUT2D eigenvalue weighted by atomic mass is 127. The molecule has 2 aromatic rings. The number of carbonyl (C=O) groups excluding carboxylic acids is 2. The molecule has 0 unspecified atom stereocenters. The third-order valence-electron chi connectivity index (χ3n) is 3.49. The maximum absolute atomic E-state index is 13.1. The molecule has 1 N–H and O–H groups in total. The number of phenols is 1. The predicted molar refractivity (Wildman–Crippen MR) is 104 cm³/mol. The van der Waals surface area contributed by atoms with Gasteiger partial charge in [-0.25, -0.2) is 4.39 Å².